The minimum absolute atomic E-state index is 0.0121. The quantitative estimate of drug-likeness (QED) is 0.422. The topological polar surface area (TPSA) is 61.9 Å². The number of anilines is 2. The van der Waals surface area contributed by atoms with Gasteiger partial charge >= 0.3 is 0 Å². The van der Waals surface area contributed by atoms with Gasteiger partial charge in [-0.1, -0.05) is 30.1 Å². The molecular formula is C27H27Cl2N3O3. The first-order chi connectivity index (χ1) is 16.9. The van der Waals surface area contributed by atoms with Gasteiger partial charge in [-0.25, -0.2) is 0 Å². The van der Waals surface area contributed by atoms with Crippen LogP contribution in [0.15, 0.2) is 66.7 Å². The molecule has 4 rings (SSSR count). The molecule has 1 aliphatic rings. The number of hydrogen-bond acceptors (Lipinski definition) is 4. The van der Waals surface area contributed by atoms with Crippen LogP contribution in [0.1, 0.15) is 34.1 Å². The Morgan fingerprint density at radius 3 is 2.17 bits per heavy atom. The maximum Gasteiger partial charge on any atom is 0.255 e. The predicted octanol–water partition coefficient (Wildman–Crippen LogP) is 6.00. The Hall–Kier alpha value is -3.22. The van der Waals surface area contributed by atoms with Gasteiger partial charge in [-0.15, -0.1) is 0 Å². The van der Waals surface area contributed by atoms with Gasteiger partial charge in [-0.05, 0) is 73.2 Å². The van der Waals surface area contributed by atoms with Crippen molar-refractivity contribution in [3.63, 3.8) is 0 Å². The summed E-state index contributed by atoms with van der Waals surface area (Å²) in [5, 5.41) is 3.97. The van der Waals surface area contributed by atoms with Crippen molar-refractivity contribution in [3.05, 3.63) is 87.9 Å². The molecule has 35 heavy (non-hydrogen) atoms. The molecule has 1 fully saturated rings. The lowest BCUT2D eigenvalue weighted by atomic mass is 10.1. The van der Waals surface area contributed by atoms with E-state index in [2.05, 4.69) is 17.1 Å². The molecule has 6 nitrogen and oxygen atoms in total. The minimum atomic E-state index is -0.234. The van der Waals surface area contributed by atoms with E-state index in [-0.39, 0.29) is 11.8 Å². The summed E-state index contributed by atoms with van der Waals surface area (Å²) >= 11 is 12.4. The number of carbonyl (C=O) groups is 2. The monoisotopic (exact) mass is 511 g/mol. The number of halogens is 2. The Morgan fingerprint density at radius 1 is 0.886 bits per heavy atom. The second-order valence-electron chi connectivity index (χ2n) is 8.28. The van der Waals surface area contributed by atoms with Crippen molar-refractivity contribution in [2.75, 3.05) is 43.0 Å². The standard InChI is InChI=1S/C27H27Cl2N3O3/c1-2-17-35-23-10-5-20(6-11-23)27(34)32-15-13-31(14-16-32)25-12-9-22(18-24(25)29)30-26(33)19-3-7-21(28)8-4-19/h3-12,18H,2,13-17H2,1H3,(H,30,33). The van der Waals surface area contributed by atoms with E-state index < -0.39 is 0 Å². The first-order valence-corrected chi connectivity index (χ1v) is 12.3. The van der Waals surface area contributed by atoms with Crippen LogP contribution in [0.5, 0.6) is 5.75 Å². The third-order valence-electron chi connectivity index (χ3n) is 5.79. The van der Waals surface area contributed by atoms with Crippen molar-refractivity contribution in [1.29, 1.82) is 0 Å². The molecule has 1 heterocycles. The Morgan fingerprint density at radius 2 is 1.54 bits per heavy atom. The fourth-order valence-corrected chi connectivity index (χ4v) is 4.32. The number of rotatable bonds is 7. The fourth-order valence-electron chi connectivity index (χ4n) is 3.89. The van der Waals surface area contributed by atoms with Gasteiger partial charge < -0.3 is 19.9 Å². The normalized spacial score (nSPS) is 13.5. The maximum absolute atomic E-state index is 12.9. The van der Waals surface area contributed by atoms with Crippen molar-refractivity contribution < 1.29 is 14.3 Å². The van der Waals surface area contributed by atoms with E-state index in [0.29, 0.717) is 59.6 Å². The van der Waals surface area contributed by atoms with Crippen LogP contribution in [0.25, 0.3) is 0 Å². The zero-order chi connectivity index (χ0) is 24.8. The number of nitrogens with one attached hydrogen (secondary N) is 1. The summed E-state index contributed by atoms with van der Waals surface area (Å²) in [6, 6.07) is 19.5. The molecule has 0 spiro atoms. The number of ether oxygens (including phenoxy) is 1. The average Bonchev–Trinajstić information content (AvgIpc) is 2.88. The summed E-state index contributed by atoms with van der Waals surface area (Å²) in [5.74, 6) is 0.552. The van der Waals surface area contributed by atoms with Crippen LogP contribution in [0, 0.1) is 0 Å². The van der Waals surface area contributed by atoms with Crippen LogP contribution in [-0.4, -0.2) is 49.5 Å². The number of piperazine rings is 1. The van der Waals surface area contributed by atoms with Gasteiger partial charge in [0, 0.05) is 48.0 Å². The molecule has 0 bridgehead atoms. The molecule has 0 saturated carbocycles. The van der Waals surface area contributed by atoms with Crippen molar-refractivity contribution in [1.82, 2.24) is 4.90 Å². The molecule has 1 saturated heterocycles. The van der Waals surface area contributed by atoms with Gasteiger partial charge in [-0.2, -0.15) is 0 Å². The Balaban J connectivity index is 1.33. The third-order valence-corrected chi connectivity index (χ3v) is 6.35. The van der Waals surface area contributed by atoms with E-state index >= 15 is 0 Å². The molecule has 0 radical (unpaired) electrons. The summed E-state index contributed by atoms with van der Waals surface area (Å²) in [6.07, 6.45) is 0.940. The van der Waals surface area contributed by atoms with E-state index in [1.165, 1.54) is 0 Å². The summed E-state index contributed by atoms with van der Waals surface area (Å²) in [5.41, 5.74) is 2.65. The van der Waals surface area contributed by atoms with Crippen LogP contribution in [0.4, 0.5) is 11.4 Å². The molecule has 1 aliphatic heterocycles. The van der Waals surface area contributed by atoms with Gasteiger partial charge in [0.05, 0.1) is 17.3 Å². The van der Waals surface area contributed by atoms with E-state index in [0.717, 1.165) is 17.9 Å². The van der Waals surface area contributed by atoms with E-state index in [1.807, 2.05) is 41.3 Å². The maximum atomic E-state index is 12.9. The Kier molecular flexibility index (Phi) is 8.16. The fraction of sp³-hybridized carbons (Fsp3) is 0.259. The zero-order valence-electron chi connectivity index (χ0n) is 19.5. The van der Waals surface area contributed by atoms with Crippen molar-refractivity contribution >= 4 is 46.4 Å². The van der Waals surface area contributed by atoms with E-state index in [4.69, 9.17) is 27.9 Å². The highest BCUT2D eigenvalue weighted by Gasteiger charge is 2.23. The third kappa shape index (κ3) is 6.27. The molecule has 0 aromatic heterocycles. The highest BCUT2D eigenvalue weighted by Crippen LogP contribution is 2.30. The van der Waals surface area contributed by atoms with Gasteiger partial charge in [0.25, 0.3) is 11.8 Å². The lowest BCUT2D eigenvalue weighted by Gasteiger charge is -2.36. The van der Waals surface area contributed by atoms with Crippen LogP contribution < -0.4 is 15.0 Å². The predicted molar refractivity (Wildman–Crippen MR) is 141 cm³/mol. The molecule has 0 atom stereocenters. The molecule has 8 heteroatoms. The van der Waals surface area contributed by atoms with Crippen molar-refractivity contribution in [2.45, 2.75) is 13.3 Å². The molecular weight excluding hydrogens is 485 g/mol. The zero-order valence-corrected chi connectivity index (χ0v) is 21.0. The number of benzene rings is 3. The minimum Gasteiger partial charge on any atom is -0.494 e. The second-order valence-corrected chi connectivity index (χ2v) is 9.12. The lowest BCUT2D eigenvalue weighted by Crippen LogP contribution is -2.48. The highest BCUT2D eigenvalue weighted by atomic mass is 35.5. The number of hydrogen-bond donors (Lipinski definition) is 1. The summed E-state index contributed by atoms with van der Waals surface area (Å²) in [6.45, 7) is 5.24. The Bertz CT molecular complexity index is 1180. The molecule has 3 aromatic rings. The van der Waals surface area contributed by atoms with Crippen LogP contribution in [0.3, 0.4) is 0 Å². The van der Waals surface area contributed by atoms with Crippen LogP contribution in [0.2, 0.25) is 10.0 Å². The molecule has 1 N–H and O–H groups in total. The number of nitrogens with zero attached hydrogens (tertiary/aromatic N) is 2. The first-order valence-electron chi connectivity index (χ1n) is 11.6. The van der Waals surface area contributed by atoms with Gasteiger partial charge in [0.15, 0.2) is 0 Å². The summed E-state index contributed by atoms with van der Waals surface area (Å²) in [7, 11) is 0. The number of carbonyl (C=O) groups excluding carboxylic acids is 2. The van der Waals surface area contributed by atoms with E-state index in [1.54, 1.807) is 30.3 Å². The molecule has 182 valence electrons. The summed E-state index contributed by atoms with van der Waals surface area (Å²) in [4.78, 5) is 29.4. The van der Waals surface area contributed by atoms with Crippen molar-refractivity contribution in [3.8, 4) is 5.75 Å². The Labute approximate surface area is 215 Å². The average molecular weight is 512 g/mol. The first kappa shape index (κ1) is 24.9. The molecule has 2 amide bonds. The smallest absolute Gasteiger partial charge is 0.255 e. The largest absolute Gasteiger partial charge is 0.494 e. The van der Waals surface area contributed by atoms with Crippen LogP contribution in [-0.2, 0) is 0 Å². The lowest BCUT2D eigenvalue weighted by molar-refractivity contribution is 0.0746. The van der Waals surface area contributed by atoms with E-state index in [9.17, 15) is 9.59 Å². The van der Waals surface area contributed by atoms with Gasteiger partial charge in [-0.3, -0.25) is 9.59 Å². The SMILES string of the molecule is CCCOc1ccc(C(=O)N2CCN(c3ccc(NC(=O)c4ccc(Cl)cc4)cc3Cl)CC2)cc1. The highest BCUT2D eigenvalue weighted by molar-refractivity contribution is 6.33. The number of amides is 2. The summed E-state index contributed by atoms with van der Waals surface area (Å²) < 4.78 is 5.59. The molecule has 0 unspecified atom stereocenters. The van der Waals surface area contributed by atoms with Gasteiger partial charge in [0.2, 0.25) is 0 Å². The second kappa shape index (κ2) is 11.5. The van der Waals surface area contributed by atoms with Gasteiger partial charge in [0.1, 0.15) is 5.75 Å². The van der Waals surface area contributed by atoms with Crippen LogP contribution >= 0.6 is 23.2 Å². The molecule has 0 aliphatic carbocycles. The molecule has 3 aromatic carbocycles. The van der Waals surface area contributed by atoms with Crippen molar-refractivity contribution in [2.24, 2.45) is 0 Å².